The standard InChI is InChI=1S/C32H38O18/c1-44-18-10-15(11-19(45-2)24(18)38)5-8-22(36)49-30-28(42)25(39)20(12-33)47-32(30)46-13-21-26(40)27(41)29(43)31(48-21)50-23(37)7-4-14-3-6-16(34)17(35)9-14/h3-11,20-21,25-35,38-43H,12-13H2,1-2H3/t20-,21-,25-,26-,27+,28+,29-,30-,31+,32-/m1/s1. The summed E-state index contributed by atoms with van der Waals surface area (Å²) in [6, 6.07) is 6.52. The number of aliphatic hydroxyl groups is 6. The number of ether oxygens (including phenoxy) is 7. The zero-order chi connectivity index (χ0) is 36.7. The van der Waals surface area contributed by atoms with E-state index in [9.17, 15) is 55.5 Å². The van der Waals surface area contributed by atoms with Gasteiger partial charge in [0.25, 0.3) is 0 Å². The second-order valence-corrected chi connectivity index (χ2v) is 11.1. The third kappa shape index (κ3) is 8.99. The van der Waals surface area contributed by atoms with Gasteiger partial charge in [0.1, 0.15) is 42.7 Å². The molecule has 0 spiro atoms. The van der Waals surface area contributed by atoms with E-state index < -0.39 is 92.3 Å². The molecule has 10 atom stereocenters. The van der Waals surface area contributed by atoms with E-state index in [1.165, 1.54) is 50.6 Å². The van der Waals surface area contributed by atoms with Crippen molar-refractivity contribution in [2.24, 2.45) is 0 Å². The second-order valence-electron chi connectivity index (χ2n) is 11.1. The fourth-order valence-corrected chi connectivity index (χ4v) is 4.97. The van der Waals surface area contributed by atoms with Gasteiger partial charge in [-0.1, -0.05) is 6.07 Å². The average molecular weight is 711 g/mol. The van der Waals surface area contributed by atoms with Crippen molar-refractivity contribution in [2.75, 3.05) is 27.4 Å². The van der Waals surface area contributed by atoms with Crippen molar-refractivity contribution in [1.82, 2.24) is 0 Å². The van der Waals surface area contributed by atoms with Crippen LogP contribution in [0, 0.1) is 0 Å². The van der Waals surface area contributed by atoms with Crippen LogP contribution in [0.15, 0.2) is 42.5 Å². The highest BCUT2D eigenvalue weighted by atomic mass is 16.7. The lowest BCUT2D eigenvalue weighted by atomic mass is 9.98. The van der Waals surface area contributed by atoms with E-state index >= 15 is 0 Å². The third-order valence-electron chi connectivity index (χ3n) is 7.73. The number of aliphatic hydroxyl groups excluding tert-OH is 6. The highest BCUT2D eigenvalue weighted by Gasteiger charge is 2.49. The molecule has 2 aliphatic heterocycles. The van der Waals surface area contributed by atoms with Crippen LogP contribution in [-0.2, 0) is 33.3 Å². The molecule has 2 heterocycles. The summed E-state index contributed by atoms with van der Waals surface area (Å²) in [6.45, 7) is -1.48. The second kappa shape index (κ2) is 16.9. The van der Waals surface area contributed by atoms with Gasteiger partial charge >= 0.3 is 11.9 Å². The summed E-state index contributed by atoms with van der Waals surface area (Å²) in [6.07, 6.45) is -13.0. The lowest BCUT2D eigenvalue weighted by Crippen LogP contribution is -2.62. The van der Waals surface area contributed by atoms with Crippen LogP contribution >= 0.6 is 0 Å². The molecule has 274 valence electrons. The van der Waals surface area contributed by atoms with Gasteiger partial charge in [-0.15, -0.1) is 0 Å². The van der Waals surface area contributed by atoms with E-state index in [1.54, 1.807) is 0 Å². The van der Waals surface area contributed by atoms with Gasteiger partial charge in [0.15, 0.2) is 35.4 Å². The number of carbonyl (C=O) groups is 2. The normalized spacial score (nSPS) is 29.9. The number of hydrogen-bond donors (Lipinski definition) is 9. The molecule has 2 aromatic rings. The van der Waals surface area contributed by atoms with Gasteiger partial charge in [-0.25, -0.2) is 9.59 Å². The lowest BCUT2D eigenvalue weighted by Gasteiger charge is -2.43. The maximum Gasteiger partial charge on any atom is 0.333 e. The summed E-state index contributed by atoms with van der Waals surface area (Å²) in [5, 5.41) is 91.3. The minimum absolute atomic E-state index is 0.0496. The maximum atomic E-state index is 12.8. The molecule has 9 N–H and O–H groups in total. The minimum atomic E-state index is -1.91. The van der Waals surface area contributed by atoms with Crippen LogP contribution in [0.1, 0.15) is 11.1 Å². The summed E-state index contributed by atoms with van der Waals surface area (Å²) >= 11 is 0. The SMILES string of the molecule is COc1cc(C=CC(=O)O[C@H]2[C@H](OC[C@H]3O[C@@H](OC(=O)C=Cc4ccc(O)c(O)c4)[C@H](O)[C@@H](O)[C@@H]3O)O[C@H](CO)[C@@H](O)[C@@H]2O)cc(OC)c1O. The monoisotopic (exact) mass is 710 g/mol. The number of methoxy groups -OCH3 is 2. The van der Waals surface area contributed by atoms with Crippen LogP contribution in [0.5, 0.6) is 28.7 Å². The van der Waals surface area contributed by atoms with E-state index in [0.29, 0.717) is 11.1 Å². The fourth-order valence-electron chi connectivity index (χ4n) is 4.97. The Labute approximate surface area is 284 Å². The molecule has 2 fully saturated rings. The fraction of sp³-hybridized carbons (Fsp3) is 0.438. The van der Waals surface area contributed by atoms with E-state index in [1.807, 2.05) is 0 Å². The van der Waals surface area contributed by atoms with Gasteiger partial charge in [-0.3, -0.25) is 0 Å². The molecule has 50 heavy (non-hydrogen) atoms. The van der Waals surface area contributed by atoms with Gasteiger partial charge in [0, 0.05) is 12.2 Å². The Morgan fingerprint density at radius 1 is 0.700 bits per heavy atom. The Morgan fingerprint density at radius 3 is 1.88 bits per heavy atom. The Hall–Kier alpha value is -4.50. The molecule has 0 aliphatic carbocycles. The topological polar surface area (TPSA) is 281 Å². The van der Waals surface area contributed by atoms with Crippen LogP contribution in [-0.4, -0.2) is 147 Å². The Bertz CT molecular complexity index is 1520. The number of hydrogen-bond acceptors (Lipinski definition) is 18. The van der Waals surface area contributed by atoms with Crippen LogP contribution in [0.2, 0.25) is 0 Å². The van der Waals surface area contributed by atoms with Crippen LogP contribution in [0.4, 0.5) is 0 Å². The molecule has 0 aromatic heterocycles. The van der Waals surface area contributed by atoms with E-state index in [4.69, 9.17) is 33.2 Å². The van der Waals surface area contributed by atoms with Gasteiger partial charge < -0.3 is 79.1 Å². The van der Waals surface area contributed by atoms with Crippen molar-refractivity contribution in [2.45, 2.75) is 61.4 Å². The highest BCUT2D eigenvalue weighted by Crippen LogP contribution is 2.37. The van der Waals surface area contributed by atoms with Crippen molar-refractivity contribution in [3.63, 3.8) is 0 Å². The number of benzene rings is 2. The number of rotatable bonds is 12. The summed E-state index contributed by atoms with van der Waals surface area (Å²) in [4.78, 5) is 25.2. The van der Waals surface area contributed by atoms with Crippen LogP contribution in [0.3, 0.4) is 0 Å². The molecule has 0 amide bonds. The summed E-state index contributed by atoms with van der Waals surface area (Å²) < 4.78 is 37.1. The molecule has 4 rings (SSSR count). The number of carbonyl (C=O) groups excluding carboxylic acids is 2. The van der Waals surface area contributed by atoms with Crippen molar-refractivity contribution in [3.05, 3.63) is 53.6 Å². The van der Waals surface area contributed by atoms with Gasteiger partial charge in [-0.05, 0) is 47.5 Å². The number of phenolic OH excluding ortho intramolecular Hbond substituents is 3. The predicted octanol–water partition coefficient (Wildman–Crippen LogP) is -1.73. The smallest absolute Gasteiger partial charge is 0.333 e. The molecule has 18 nitrogen and oxygen atoms in total. The average Bonchev–Trinajstić information content (AvgIpc) is 3.10. The van der Waals surface area contributed by atoms with Crippen molar-refractivity contribution >= 4 is 24.1 Å². The molecule has 0 bridgehead atoms. The Kier molecular flexibility index (Phi) is 13.0. The largest absolute Gasteiger partial charge is 0.504 e. The summed E-state index contributed by atoms with van der Waals surface area (Å²) in [7, 11) is 2.62. The first-order chi connectivity index (χ1) is 23.8. The van der Waals surface area contributed by atoms with E-state index in [0.717, 1.165) is 18.2 Å². The zero-order valence-corrected chi connectivity index (χ0v) is 26.6. The molecule has 2 saturated heterocycles. The molecular formula is C32H38O18. The molecule has 2 aliphatic rings. The lowest BCUT2D eigenvalue weighted by molar-refractivity contribution is -0.327. The molecule has 0 radical (unpaired) electrons. The van der Waals surface area contributed by atoms with Gasteiger partial charge in [0.05, 0.1) is 27.4 Å². The highest BCUT2D eigenvalue weighted by molar-refractivity contribution is 5.88. The van der Waals surface area contributed by atoms with Crippen LogP contribution < -0.4 is 9.47 Å². The summed E-state index contributed by atoms with van der Waals surface area (Å²) in [5.41, 5.74) is 0.647. The zero-order valence-electron chi connectivity index (χ0n) is 26.6. The van der Waals surface area contributed by atoms with Gasteiger partial charge in [-0.2, -0.15) is 0 Å². The number of aromatic hydroxyl groups is 3. The first kappa shape index (κ1) is 38.3. The first-order valence-electron chi connectivity index (χ1n) is 15.0. The predicted molar refractivity (Wildman–Crippen MR) is 165 cm³/mol. The maximum absolute atomic E-state index is 12.8. The first-order valence-corrected chi connectivity index (χ1v) is 15.0. The molecular weight excluding hydrogens is 672 g/mol. The van der Waals surface area contributed by atoms with Crippen molar-refractivity contribution in [1.29, 1.82) is 0 Å². The molecule has 0 unspecified atom stereocenters. The number of esters is 2. The van der Waals surface area contributed by atoms with Crippen molar-refractivity contribution in [3.8, 4) is 28.7 Å². The summed E-state index contributed by atoms with van der Waals surface area (Å²) in [5.74, 6) is -3.11. The minimum Gasteiger partial charge on any atom is -0.504 e. The van der Waals surface area contributed by atoms with Crippen molar-refractivity contribution < 1.29 is 88.7 Å². The number of phenols is 3. The Morgan fingerprint density at radius 2 is 1.28 bits per heavy atom. The molecule has 0 saturated carbocycles. The Balaban J connectivity index is 1.44. The quantitative estimate of drug-likeness (QED) is 0.0672. The van der Waals surface area contributed by atoms with E-state index in [2.05, 4.69) is 0 Å². The molecule has 2 aromatic carbocycles. The van der Waals surface area contributed by atoms with Crippen LogP contribution in [0.25, 0.3) is 12.2 Å². The van der Waals surface area contributed by atoms with Gasteiger partial charge in [0.2, 0.25) is 12.0 Å². The molecule has 18 heteroatoms. The van der Waals surface area contributed by atoms with E-state index in [-0.39, 0.29) is 23.0 Å². The third-order valence-corrected chi connectivity index (χ3v) is 7.73.